The van der Waals surface area contributed by atoms with Crippen molar-refractivity contribution >= 4 is 11.6 Å². The number of halogens is 3. The Balaban J connectivity index is 1.44. The third-order valence-corrected chi connectivity index (χ3v) is 5.72. The van der Waals surface area contributed by atoms with Gasteiger partial charge in [0.05, 0.1) is 35.3 Å². The number of aromatic amines is 1. The normalized spacial score (nSPS) is 17.8. The van der Waals surface area contributed by atoms with E-state index in [2.05, 4.69) is 25.6 Å². The minimum atomic E-state index is -4.61. The first-order valence-electron chi connectivity index (χ1n) is 11.0. The lowest BCUT2D eigenvalue weighted by molar-refractivity contribution is -0.141. The molecule has 4 heterocycles. The van der Waals surface area contributed by atoms with Crippen molar-refractivity contribution in [3.05, 3.63) is 60.4 Å². The molecular weight excluding hydrogens is 465 g/mol. The highest BCUT2D eigenvalue weighted by atomic mass is 19.4. The van der Waals surface area contributed by atoms with E-state index in [0.717, 1.165) is 6.07 Å². The number of alkyl halides is 3. The van der Waals surface area contributed by atoms with Gasteiger partial charge in [0.25, 0.3) is 5.91 Å². The predicted octanol–water partition coefficient (Wildman–Crippen LogP) is 4.94. The lowest BCUT2D eigenvalue weighted by Gasteiger charge is -2.34. The van der Waals surface area contributed by atoms with Crippen molar-refractivity contribution in [1.29, 1.82) is 0 Å². The molecule has 0 saturated heterocycles. The van der Waals surface area contributed by atoms with Gasteiger partial charge in [-0.1, -0.05) is 6.07 Å². The van der Waals surface area contributed by atoms with E-state index in [4.69, 9.17) is 9.15 Å². The average Bonchev–Trinajstić information content (AvgIpc) is 3.56. The fourth-order valence-electron chi connectivity index (χ4n) is 3.89. The van der Waals surface area contributed by atoms with Crippen LogP contribution in [0.5, 0.6) is 0 Å². The Labute approximate surface area is 197 Å². The van der Waals surface area contributed by atoms with E-state index in [1.165, 1.54) is 18.2 Å². The van der Waals surface area contributed by atoms with Crippen LogP contribution in [-0.4, -0.2) is 43.6 Å². The first kappa shape index (κ1) is 22.8. The largest absolute Gasteiger partial charge is 0.451 e. The molecule has 1 aliphatic carbocycles. The van der Waals surface area contributed by atoms with Gasteiger partial charge in [-0.15, -0.1) is 0 Å². The number of nitrogens with one attached hydrogen (secondary N) is 2. The summed E-state index contributed by atoms with van der Waals surface area (Å²) >= 11 is 0. The number of furan rings is 1. The van der Waals surface area contributed by atoms with Gasteiger partial charge >= 0.3 is 6.18 Å². The molecule has 182 valence electrons. The van der Waals surface area contributed by atoms with E-state index >= 15 is 0 Å². The number of anilines is 1. The molecule has 0 spiro atoms. The van der Waals surface area contributed by atoms with Crippen LogP contribution in [0.4, 0.5) is 18.9 Å². The molecule has 5 rings (SSSR count). The zero-order valence-corrected chi connectivity index (χ0v) is 18.5. The maximum absolute atomic E-state index is 13.3. The average molecular weight is 486 g/mol. The molecule has 9 nitrogen and oxygen atoms in total. The zero-order chi connectivity index (χ0) is 24.6. The summed E-state index contributed by atoms with van der Waals surface area (Å²) in [7, 11) is 0. The number of ether oxygens (including phenoxy) is 1. The second-order valence-electron chi connectivity index (χ2n) is 8.08. The van der Waals surface area contributed by atoms with Crippen LogP contribution in [0.2, 0.25) is 0 Å². The lowest BCUT2D eigenvalue weighted by Crippen LogP contribution is -2.33. The summed E-state index contributed by atoms with van der Waals surface area (Å²) in [4.78, 5) is 16.7. The number of nitrogens with zero attached hydrogens (tertiary/aromatic N) is 4. The van der Waals surface area contributed by atoms with Crippen LogP contribution in [0.25, 0.3) is 22.7 Å². The molecule has 1 amide bonds. The summed E-state index contributed by atoms with van der Waals surface area (Å²) in [6.07, 6.45) is 1.69. The second-order valence-corrected chi connectivity index (χ2v) is 8.08. The van der Waals surface area contributed by atoms with Gasteiger partial charge in [0.1, 0.15) is 17.1 Å². The van der Waals surface area contributed by atoms with Crippen molar-refractivity contribution < 1.29 is 27.1 Å². The van der Waals surface area contributed by atoms with Crippen molar-refractivity contribution in [2.45, 2.75) is 38.1 Å². The van der Waals surface area contributed by atoms with Crippen LogP contribution in [0.15, 0.2) is 53.3 Å². The van der Waals surface area contributed by atoms with Crippen LogP contribution >= 0.6 is 0 Å². The van der Waals surface area contributed by atoms with Crippen molar-refractivity contribution in [3.63, 3.8) is 0 Å². The van der Waals surface area contributed by atoms with Crippen molar-refractivity contribution in [3.8, 4) is 22.7 Å². The van der Waals surface area contributed by atoms with Crippen molar-refractivity contribution in [2.75, 3.05) is 11.9 Å². The van der Waals surface area contributed by atoms with Crippen LogP contribution < -0.4 is 5.32 Å². The number of pyridine rings is 1. The predicted molar refractivity (Wildman–Crippen MR) is 118 cm³/mol. The summed E-state index contributed by atoms with van der Waals surface area (Å²) < 4.78 is 52.6. The van der Waals surface area contributed by atoms with E-state index < -0.39 is 17.8 Å². The molecule has 0 unspecified atom stereocenters. The lowest BCUT2D eigenvalue weighted by atomic mass is 9.89. The summed E-state index contributed by atoms with van der Waals surface area (Å²) in [6.45, 7) is 2.51. The smallest absolute Gasteiger partial charge is 0.433 e. The molecule has 0 atom stereocenters. The van der Waals surface area contributed by atoms with Crippen LogP contribution in [0, 0.1) is 0 Å². The Kier molecular flexibility index (Phi) is 5.89. The summed E-state index contributed by atoms with van der Waals surface area (Å²) in [6, 6.07) is 6.69. The minimum absolute atomic E-state index is 0.00180. The molecule has 0 aliphatic heterocycles. The Hall–Kier alpha value is -3.93. The molecule has 1 fully saturated rings. The van der Waals surface area contributed by atoms with Gasteiger partial charge in [0.15, 0.2) is 5.76 Å². The number of aromatic nitrogens is 5. The zero-order valence-electron chi connectivity index (χ0n) is 18.5. The Morgan fingerprint density at radius 3 is 2.83 bits per heavy atom. The van der Waals surface area contributed by atoms with Gasteiger partial charge in [-0.25, -0.2) is 4.98 Å². The van der Waals surface area contributed by atoms with Gasteiger partial charge in [-0.3, -0.25) is 14.6 Å². The number of carbonyl (C=O) groups excluding carboxylic acids is 1. The second kappa shape index (κ2) is 9.02. The molecule has 4 aromatic rings. The van der Waals surface area contributed by atoms with Gasteiger partial charge < -0.3 is 14.5 Å². The van der Waals surface area contributed by atoms with Gasteiger partial charge in [0, 0.05) is 19.0 Å². The minimum Gasteiger partial charge on any atom is -0.451 e. The highest BCUT2D eigenvalue weighted by molar-refractivity contribution is 6.04. The maximum Gasteiger partial charge on any atom is 0.433 e. The van der Waals surface area contributed by atoms with Gasteiger partial charge in [-0.2, -0.15) is 23.4 Å². The van der Waals surface area contributed by atoms with Crippen molar-refractivity contribution in [1.82, 2.24) is 25.0 Å². The fourth-order valence-corrected chi connectivity index (χ4v) is 3.89. The van der Waals surface area contributed by atoms with E-state index in [-0.39, 0.29) is 35.0 Å². The number of carbonyl (C=O) groups is 1. The summed E-state index contributed by atoms with van der Waals surface area (Å²) in [5.41, 5.74) is -0.0285. The van der Waals surface area contributed by atoms with Crippen LogP contribution in [-0.2, 0) is 10.9 Å². The Bertz CT molecular complexity index is 1320. The Morgan fingerprint density at radius 2 is 2.11 bits per heavy atom. The van der Waals surface area contributed by atoms with Gasteiger partial charge in [0.2, 0.25) is 0 Å². The molecule has 1 aliphatic rings. The number of hydrogen-bond acceptors (Lipinski definition) is 6. The monoisotopic (exact) mass is 486 g/mol. The first-order chi connectivity index (χ1) is 16.8. The van der Waals surface area contributed by atoms with E-state index in [9.17, 15) is 18.0 Å². The fraction of sp³-hybridized carbons (Fsp3) is 0.304. The van der Waals surface area contributed by atoms with Crippen LogP contribution in [0.1, 0.15) is 42.1 Å². The van der Waals surface area contributed by atoms with Gasteiger partial charge in [-0.05, 0) is 44.0 Å². The topological polar surface area (TPSA) is 111 Å². The highest BCUT2D eigenvalue weighted by Crippen LogP contribution is 2.37. The van der Waals surface area contributed by atoms with Crippen molar-refractivity contribution in [2.24, 2.45) is 0 Å². The maximum atomic E-state index is 13.3. The van der Waals surface area contributed by atoms with E-state index in [1.54, 1.807) is 29.3 Å². The molecule has 0 bridgehead atoms. The summed E-state index contributed by atoms with van der Waals surface area (Å²) in [5, 5.41) is 13.7. The molecule has 0 radical (unpaired) electrons. The molecule has 1 saturated carbocycles. The molecule has 35 heavy (non-hydrogen) atoms. The molecule has 2 N–H and O–H groups in total. The first-order valence-corrected chi connectivity index (χ1v) is 11.0. The number of rotatable bonds is 7. The SMILES string of the molecule is CCO[C@H]1C[C@H](n2cc(NC(=O)c3ccc(-c4cn[nH]c4)o3)c(-c3cccc(C(F)(F)F)n3)n2)C1. The third kappa shape index (κ3) is 4.69. The standard InChI is InChI=1S/C23H21F3N6O3/c1-2-34-15-8-14(9-15)32-12-17(21(31-32)16-4-3-5-20(29-16)23(24,25)26)30-22(33)19-7-6-18(35-19)13-10-27-28-11-13/h3-7,10-12,14-15H,2,8-9H2,1H3,(H,27,28)(H,30,33)/t14-,15-. The highest BCUT2D eigenvalue weighted by Gasteiger charge is 2.35. The number of amides is 1. The van der Waals surface area contributed by atoms with Crippen LogP contribution in [0.3, 0.4) is 0 Å². The molecule has 4 aromatic heterocycles. The van der Waals surface area contributed by atoms with E-state index in [0.29, 0.717) is 30.8 Å². The third-order valence-electron chi connectivity index (χ3n) is 5.72. The molecule has 12 heteroatoms. The Morgan fingerprint density at radius 1 is 1.29 bits per heavy atom. The quantitative estimate of drug-likeness (QED) is 0.383. The molecular formula is C23H21F3N6O3. The van der Waals surface area contributed by atoms with E-state index in [1.807, 2.05) is 6.92 Å². The number of H-pyrrole nitrogens is 1. The number of hydrogen-bond donors (Lipinski definition) is 2. The molecule has 0 aromatic carbocycles. The summed E-state index contributed by atoms with van der Waals surface area (Å²) in [5.74, 6) is -0.110.